The third-order valence-corrected chi connectivity index (χ3v) is 6.87. The van der Waals surface area contributed by atoms with Crippen molar-refractivity contribution in [1.29, 1.82) is 5.41 Å². The van der Waals surface area contributed by atoms with Crippen LogP contribution in [0.2, 0.25) is 0 Å². The van der Waals surface area contributed by atoms with Crippen molar-refractivity contribution >= 4 is 27.5 Å². The van der Waals surface area contributed by atoms with Crippen molar-refractivity contribution in [3.63, 3.8) is 0 Å². The molecular weight excluding hydrogens is 364 g/mol. The van der Waals surface area contributed by atoms with Crippen LogP contribution in [0, 0.1) is 11.3 Å². The third kappa shape index (κ3) is 2.40. The van der Waals surface area contributed by atoms with Gasteiger partial charge in [-0.15, -0.1) is 0 Å². The molecule has 3 aromatic carbocycles. The first kappa shape index (κ1) is 17.5. The molecule has 1 aromatic heterocycles. The lowest BCUT2D eigenvalue weighted by atomic mass is 9.88. The molecule has 4 aromatic rings. The summed E-state index contributed by atoms with van der Waals surface area (Å²) in [6, 6.07) is 23.8. The third-order valence-electron chi connectivity index (χ3n) is 6.87. The van der Waals surface area contributed by atoms with E-state index in [0.717, 1.165) is 12.0 Å². The van der Waals surface area contributed by atoms with Crippen molar-refractivity contribution < 1.29 is 0 Å². The number of nitrogens with one attached hydrogen (secondary N) is 1. The Morgan fingerprint density at radius 3 is 2.53 bits per heavy atom. The van der Waals surface area contributed by atoms with Crippen molar-refractivity contribution in [2.75, 3.05) is 0 Å². The molecular formula is C28H24N2. The molecule has 1 fully saturated rings. The fourth-order valence-electron chi connectivity index (χ4n) is 5.11. The van der Waals surface area contributed by atoms with Crippen LogP contribution in [0.25, 0.3) is 27.5 Å². The highest BCUT2D eigenvalue weighted by Gasteiger charge is 2.47. The van der Waals surface area contributed by atoms with Crippen LogP contribution in [0.1, 0.15) is 31.4 Å². The van der Waals surface area contributed by atoms with Gasteiger partial charge in [-0.25, -0.2) is 0 Å². The topological polar surface area (TPSA) is 28.8 Å². The summed E-state index contributed by atoms with van der Waals surface area (Å²) in [6.07, 6.45) is 7.61. The predicted molar refractivity (Wildman–Crippen MR) is 126 cm³/mol. The minimum atomic E-state index is 0.0358. The van der Waals surface area contributed by atoms with Gasteiger partial charge in [-0.05, 0) is 54.3 Å². The number of benzene rings is 3. The zero-order chi connectivity index (χ0) is 20.5. The average molecular weight is 389 g/mol. The molecule has 6 rings (SSSR count). The summed E-state index contributed by atoms with van der Waals surface area (Å²) in [5.41, 5.74) is 8.09. The number of fused-ring (bicyclic) bond motifs is 6. The van der Waals surface area contributed by atoms with Gasteiger partial charge in [0.25, 0.3) is 0 Å². The SMILES string of the molecule is CC1C=C2CC2(C)c2cc3c(cc2C(=N)/C=C\1)c1ccccc1n3-c1ccccc1. The number of hydrogen-bond donors (Lipinski definition) is 1. The van der Waals surface area contributed by atoms with Gasteiger partial charge in [0.1, 0.15) is 0 Å². The van der Waals surface area contributed by atoms with Crippen molar-refractivity contribution in [2.24, 2.45) is 5.92 Å². The maximum atomic E-state index is 8.83. The van der Waals surface area contributed by atoms with E-state index in [2.05, 4.69) is 97.3 Å². The Morgan fingerprint density at radius 1 is 0.933 bits per heavy atom. The Bertz CT molecular complexity index is 1400. The van der Waals surface area contributed by atoms with E-state index in [1.807, 2.05) is 6.08 Å². The standard InChI is InChI=1S/C28H24N2/c1-18-12-13-25(29)23-15-22-21-10-6-7-11-26(21)30(20-8-4-3-5-9-20)27(22)16-24(23)28(2)17-19(28)14-18/h3-16,18,29H,17H2,1-2H3/b13-12-,19-14?,29-25?. The highest BCUT2D eigenvalue weighted by atomic mass is 15.0. The first-order valence-electron chi connectivity index (χ1n) is 10.7. The summed E-state index contributed by atoms with van der Waals surface area (Å²) in [5.74, 6) is 0.366. The second kappa shape index (κ2) is 6.06. The quantitative estimate of drug-likeness (QED) is 0.342. The van der Waals surface area contributed by atoms with E-state index in [-0.39, 0.29) is 5.41 Å². The first-order chi connectivity index (χ1) is 14.6. The summed E-state index contributed by atoms with van der Waals surface area (Å²) in [6.45, 7) is 4.54. The van der Waals surface area contributed by atoms with Gasteiger partial charge in [0.15, 0.2) is 0 Å². The zero-order valence-electron chi connectivity index (χ0n) is 17.3. The molecule has 2 heteroatoms. The van der Waals surface area contributed by atoms with Crippen LogP contribution >= 0.6 is 0 Å². The van der Waals surface area contributed by atoms with Gasteiger partial charge in [0.2, 0.25) is 0 Å². The van der Waals surface area contributed by atoms with Gasteiger partial charge >= 0.3 is 0 Å². The van der Waals surface area contributed by atoms with Gasteiger partial charge in [-0.2, -0.15) is 0 Å². The Hall–Kier alpha value is -3.39. The molecule has 30 heavy (non-hydrogen) atoms. The minimum Gasteiger partial charge on any atom is -0.309 e. The van der Waals surface area contributed by atoms with Gasteiger partial charge < -0.3 is 9.98 Å². The Labute approximate surface area is 176 Å². The van der Waals surface area contributed by atoms with Crippen molar-refractivity contribution in [3.8, 4) is 5.69 Å². The van der Waals surface area contributed by atoms with Crippen molar-refractivity contribution in [1.82, 2.24) is 4.57 Å². The number of allylic oxidation sites excluding steroid dienone is 4. The molecule has 2 nitrogen and oxygen atoms in total. The fraction of sp³-hybridized carbons (Fsp3) is 0.179. The highest BCUT2D eigenvalue weighted by Crippen LogP contribution is 2.56. The molecule has 0 spiro atoms. The predicted octanol–water partition coefficient (Wildman–Crippen LogP) is 6.95. The van der Waals surface area contributed by atoms with E-state index in [9.17, 15) is 0 Å². The number of aromatic nitrogens is 1. The van der Waals surface area contributed by atoms with Gasteiger partial charge in [-0.1, -0.05) is 68.0 Å². The maximum absolute atomic E-state index is 8.83. The van der Waals surface area contributed by atoms with E-state index in [4.69, 9.17) is 5.41 Å². The highest BCUT2D eigenvalue weighted by molar-refractivity contribution is 6.15. The lowest BCUT2D eigenvalue weighted by molar-refractivity contribution is 0.814. The Morgan fingerprint density at radius 2 is 1.70 bits per heavy atom. The largest absolute Gasteiger partial charge is 0.309 e. The summed E-state index contributed by atoms with van der Waals surface area (Å²) >= 11 is 0. The fourth-order valence-corrected chi connectivity index (χ4v) is 5.11. The molecule has 146 valence electrons. The second-order valence-corrected chi connectivity index (χ2v) is 8.94. The van der Waals surface area contributed by atoms with Crippen LogP contribution in [0.15, 0.2) is 90.5 Å². The zero-order valence-corrected chi connectivity index (χ0v) is 17.3. The van der Waals surface area contributed by atoms with Crippen LogP contribution in [0.4, 0.5) is 0 Å². The van der Waals surface area contributed by atoms with Gasteiger partial charge in [-0.3, -0.25) is 0 Å². The van der Waals surface area contributed by atoms with Crippen LogP contribution in [-0.2, 0) is 5.41 Å². The molecule has 1 N–H and O–H groups in total. The summed E-state index contributed by atoms with van der Waals surface area (Å²) in [7, 11) is 0. The average Bonchev–Trinajstić information content (AvgIpc) is 3.29. The van der Waals surface area contributed by atoms with Crippen LogP contribution < -0.4 is 0 Å². The molecule has 1 saturated carbocycles. The number of para-hydroxylation sites is 2. The van der Waals surface area contributed by atoms with Gasteiger partial charge in [0.05, 0.1) is 16.7 Å². The molecule has 0 bridgehead atoms. The molecule has 2 unspecified atom stereocenters. The number of nitrogens with zero attached hydrogens (tertiary/aromatic N) is 1. The smallest absolute Gasteiger partial charge is 0.0612 e. The van der Waals surface area contributed by atoms with Crippen LogP contribution in [0.3, 0.4) is 0 Å². The minimum absolute atomic E-state index is 0.0358. The Balaban J connectivity index is 1.74. The van der Waals surface area contributed by atoms with Crippen molar-refractivity contribution in [3.05, 3.63) is 102 Å². The van der Waals surface area contributed by atoms with Crippen molar-refractivity contribution in [2.45, 2.75) is 25.7 Å². The molecule has 1 heterocycles. The second-order valence-electron chi connectivity index (χ2n) is 8.94. The van der Waals surface area contributed by atoms with E-state index in [1.165, 1.54) is 38.6 Å². The first-order valence-corrected chi connectivity index (χ1v) is 10.7. The molecule has 0 aliphatic heterocycles. The summed E-state index contributed by atoms with van der Waals surface area (Å²) in [5, 5.41) is 11.3. The Kier molecular flexibility index (Phi) is 3.53. The van der Waals surface area contributed by atoms with E-state index in [0.29, 0.717) is 11.6 Å². The summed E-state index contributed by atoms with van der Waals surface area (Å²) in [4.78, 5) is 0. The van der Waals surface area contributed by atoms with Gasteiger partial charge in [0, 0.05) is 27.4 Å². The lowest BCUT2D eigenvalue weighted by Gasteiger charge is -2.16. The molecule has 2 aliphatic rings. The summed E-state index contributed by atoms with van der Waals surface area (Å²) < 4.78 is 2.37. The van der Waals surface area contributed by atoms with Crippen LogP contribution in [0.5, 0.6) is 0 Å². The molecule has 2 aliphatic carbocycles. The monoisotopic (exact) mass is 388 g/mol. The molecule has 0 saturated heterocycles. The molecule has 0 amide bonds. The maximum Gasteiger partial charge on any atom is 0.0612 e. The van der Waals surface area contributed by atoms with Crippen LogP contribution in [-0.4, -0.2) is 10.3 Å². The number of hydrogen-bond acceptors (Lipinski definition) is 1. The molecule has 2 atom stereocenters. The molecule has 0 radical (unpaired) electrons. The normalized spacial score (nSPS) is 23.9. The van der Waals surface area contributed by atoms with E-state index >= 15 is 0 Å². The lowest BCUT2D eigenvalue weighted by Crippen LogP contribution is -2.10. The van der Waals surface area contributed by atoms with E-state index < -0.39 is 0 Å². The van der Waals surface area contributed by atoms with E-state index in [1.54, 1.807) is 0 Å². The number of rotatable bonds is 1.